The monoisotopic (exact) mass is 234 g/mol. The third-order valence-electron chi connectivity index (χ3n) is 2.36. The second kappa shape index (κ2) is 6.89. The Morgan fingerprint density at radius 1 is 0.611 bits per heavy atom. The first-order valence-corrected chi connectivity index (χ1v) is 5.59. The number of hydrogen-bond donors (Lipinski definition) is 0. The van der Waals surface area contributed by atoms with Crippen LogP contribution in [0.25, 0.3) is 0 Å². The van der Waals surface area contributed by atoms with E-state index in [1.54, 1.807) is 24.3 Å². The molecule has 0 bridgehead atoms. The van der Waals surface area contributed by atoms with E-state index in [0.717, 1.165) is 0 Å². The summed E-state index contributed by atoms with van der Waals surface area (Å²) in [4.78, 5) is 0. The number of aryl methyl sites for hydroxylation is 2. The molecular weight excluding hydrogens is 220 g/mol. The Labute approximate surface area is 108 Å². The number of nitrogens with zero attached hydrogens (tertiary/aromatic N) is 2. The van der Waals surface area contributed by atoms with Gasteiger partial charge in [-0.1, -0.05) is 35.4 Å². The van der Waals surface area contributed by atoms with E-state index in [0.29, 0.717) is 11.1 Å². The summed E-state index contributed by atoms with van der Waals surface area (Å²) in [6.07, 6.45) is 0. The van der Waals surface area contributed by atoms with Gasteiger partial charge in [0.05, 0.1) is 23.3 Å². The van der Waals surface area contributed by atoms with Gasteiger partial charge in [-0.25, -0.2) is 0 Å². The zero-order valence-corrected chi connectivity index (χ0v) is 10.5. The van der Waals surface area contributed by atoms with Gasteiger partial charge in [0.1, 0.15) is 0 Å². The molecule has 2 nitrogen and oxygen atoms in total. The molecule has 2 rings (SSSR count). The molecule has 0 aliphatic heterocycles. The van der Waals surface area contributed by atoms with Crippen molar-refractivity contribution in [3.05, 3.63) is 70.8 Å². The lowest BCUT2D eigenvalue weighted by Gasteiger charge is -1.90. The molecule has 0 saturated heterocycles. The Morgan fingerprint density at radius 3 is 1.11 bits per heavy atom. The fraction of sp³-hybridized carbons (Fsp3) is 0.125. The number of nitriles is 2. The largest absolute Gasteiger partial charge is 0.192 e. The number of rotatable bonds is 0. The maximum atomic E-state index is 8.37. The van der Waals surface area contributed by atoms with Crippen molar-refractivity contribution in [3.8, 4) is 12.1 Å². The van der Waals surface area contributed by atoms with Crippen molar-refractivity contribution in [2.24, 2.45) is 0 Å². The van der Waals surface area contributed by atoms with E-state index in [9.17, 15) is 0 Å². The molecule has 0 spiro atoms. The first-order valence-electron chi connectivity index (χ1n) is 5.59. The van der Waals surface area contributed by atoms with Gasteiger partial charge < -0.3 is 0 Å². The van der Waals surface area contributed by atoms with Crippen LogP contribution in [0.2, 0.25) is 0 Å². The highest BCUT2D eigenvalue weighted by Crippen LogP contribution is 2.00. The highest BCUT2D eigenvalue weighted by atomic mass is 14.2. The first-order chi connectivity index (χ1) is 8.65. The lowest BCUT2D eigenvalue weighted by Crippen LogP contribution is -1.74. The molecule has 0 N–H and O–H groups in total. The molecule has 0 amide bonds. The lowest BCUT2D eigenvalue weighted by molar-refractivity contribution is 1.40. The molecule has 0 fully saturated rings. The predicted molar refractivity (Wildman–Crippen MR) is 71.8 cm³/mol. The average Bonchev–Trinajstić information content (AvgIpc) is 2.43. The topological polar surface area (TPSA) is 47.6 Å². The van der Waals surface area contributed by atoms with Crippen molar-refractivity contribution in [3.63, 3.8) is 0 Å². The zero-order chi connectivity index (χ0) is 13.4. The fourth-order valence-corrected chi connectivity index (χ4v) is 1.26. The minimum absolute atomic E-state index is 0.582. The molecule has 0 atom stereocenters. The summed E-state index contributed by atoms with van der Waals surface area (Å²) in [6.45, 7) is 4.19. The van der Waals surface area contributed by atoms with Crippen LogP contribution in [-0.4, -0.2) is 0 Å². The molecule has 2 aromatic rings. The Hall–Kier alpha value is -2.58. The van der Waals surface area contributed by atoms with Crippen molar-refractivity contribution in [2.75, 3.05) is 0 Å². The zero-order valence-electron chi connectivity index (χ0n) is 10.5. The van der Waals surface area contributed by atoms with Crippen LogP contribution in [0.3, 0.4) is 0 Å². The van der Waals surface area contributed by atoms with Gasteiger partial charge in [0.2, 0.25) is 0 Å². The van der Waals surface area contributed by atoms with Crippen LogP contribution in [0.5, 0.6) is 0 Å². The molecule has 0 aliphatic carbocycles. The smallest absolute Gasteiger partial charge is 0.0991 e. The maximum absolute atomic E-state index is 8.37. The lowest BCUT2D eigenvalue weighted by atomic mass is 10.2. The average molecular weight is 234 g/mol. The van der Waals surface area contributed by atoms with Crippen molar-refractivity contribution in [2.45, 2.75) is 13.8 Å². The van der Waals surface area contributed by atoms with E-state index in [1.165, 1.54) is 11.1 Å². The van der Waals surface area contributed by atoms with E-state index >= 15 is 0 Å². The van der Waals surface area contributed by atoms with Gasteiger partial charge >= 0.3 is 0 Å². The van der Waals surface area contributed by atoms with Gasteiger partial charge in [-0.2, -0.15) is 10.5 Å². The summed E-state index contributed by atoms with van der Waals surface area (Å²) in [5.74, 6) is 0. The van der Waals surface area contributed by atoms with Gasteiger partial charge in [-0.3, -0.25) is 0 Å². The van der Waals surface area contributed by atoms with Crippen LogP contribution in [-0.2, 0) is 0 Å². The van der Waals surface area contributed by atoms with Crippen LogP contribution >= 0.6 is 0 Å². The van der Waals surface area contributed by atoms with E-state index in [2.05, 4.69) is 38.1 Å². The molecule has 0 saturated carbocycles. The summed E-state index contributed by atoms with van der Waals surface area (Å²) < 4.78 is 0. The van der Waals surface area contributed by atoms with E-state index in [1.807, 2.05) is 12.1 Å². The highest BCUT2D eigenvalue weighted by molar-refractivity contribution is 5.36. The van der Waals surface area contributed by atoms with Crippen molar-refractivity contribution >= 4 is 0 Å². The Balaban J connectivity index is 0.000000184. The van der Waals surface area contributed by atoms with E-state index in [4.69, 9.17) is 10.5 Å². The maximum Gasteiger partial charge on any atom is 0.0991 e. The van der Waals surface area contributed by atoms with Crippen molar-refractivity contribution in [1.82, 2.24) is 0 Å². The number of benzene rings is 2. The summed E-state index contributed by atoms with van der Waals surface area (Å²) >= 11 is 0. The van der Waals surface area contributed by atoms with Crippen molar-refractivity contribution < 1.29 is 0 Å². The molecule has 2 heteroatoms. The Bertz CT molecular complexity index is 512. The molecule has 0 aromatic heterocycles. The minimum Gasteiger partial charge on any atom is -0.192 e. The molecule has 0 heterocycles. The van der Waals surface area contributed by atoms with Gasteiger partial charge in [-0.05, 0) is 38.1 Å². The van der Waals surface area contributed by atoms with Gasteiger partial charge in [0.15, 0.2) is 0 Å². The van der Waals surface area contributed by atoms with E-state index < -0.39 is 0 Å². The normalized spacial score (nSPS) is 8.44. The Kier molecular flexibility index (Phi) is 5.16. The SMILES string of the molecule is Cc1ccc(C)cc1.N#Cc1ccc(C#N)cc1. The standard InChI is InChI=1S/C8H4N2.C8H10/c9-5-7-1-2-8(6-10)4-3-7;1-7-3-5-8(2)6-4-7/h1-4H;3-6H,1-2H3. The summed E-state index contributed by atoms with van der Waals surface area (Å²) in [5, 5.41) is 16.7. The third-order valence-corrected chi connectivity index (χ3v) is 2.36. The highest BCUT2D eigenvalue weighted by Gasteiger charge is 1.88. The molecule has 0 radical (unpaired) electrons. The fourth-order valence-electron chi connectivity index (χ4n) is 1.26. The van der Waals surface area contributed by atoms with E-state index in [-0.39, 0.29) is 0 Å². The molecule has 18 heavy (non-hydrogen) atoms. The van der Waals surface area contributed by atoms with Gasteiger partial charge in [0.25, 0.3) is 0 Å². The van der Waals surface area contributed by atoms with Gasteiger partial charge in [0, 0.05) is 0 Å². The van der Waals surface area contributed by atoms with Crippen LogP contribution in [0.15, 0.2) is 48.5 Å². The molecule has 0 unspecified atom stereocenters. The number of hydrogen-bond acceptors (Lipinski definition) is 2. The summed E-state index contributed by atoms with van der Waals surface area (Å²) in [5.41, 5.74) is 3.82. The minimum atomic E-state index is 0.582. The summed E-state index contributed by atoms with van der Waals surface area (Å²) in [7, 11) is 0. The van der Waals surface area contributed by atoms with Crippen molar-refractivity contribution in [1.29, 1.82) is 10.5 Å². The third kappa shape index (κ3) is 4.51. The van der Waals surface area contributed by atoms with Crippen LogP contribution < -0.4 is 0 Å². The predicted octanol–water partition coefficient (Wildman–Crippen LogP) is 3.73. The summed E-state index contributed by atoms with van der Waals surface area (Å²) in [6, 6.07) is 18.9. The molecule has 0 aliphatic rings. The van der Waals surface area contributed by atoms with Gasteiger partial charge in [-0.15, -0.1) is 0 Å². The first kappa shape index (κ1) is 13.5. The van der Waals surface area contributed by atoms with Crippen LogP contribution in [0, 0.1) is 36.5 Å². The second-order valence-corrected chi connectivity index (χ2v) is 3.96. The molecular formula is C16H14N2. The molecule has 2 aromatic carbocycles. The molecule has 88 valence electrons. The van der Waals surface area contributed by atoms with Crippen LogP contribution in [0.1, 0.15) is 22.3 Å². The van der Waals surface area contributed by atoms with Crippen LogP contribution in [0.4, 0.5) is 0 Å². The second-order valence-electron chi connectivity index (χ2n) is 3.96. The Morgan fingerprint density at radius 2 is 0.889 bits per heavy atom. The quantitative estimate of drug-likeness (QED) is 0.697.